The molecule has 0 spiro atoms. The third kappa shape index (κ3) is 5.33. The van der Waals surface area contributed by atoms with Gasteiger partial charge in [0.05, 0.1) is 18.8 Å². The van der Waals surface area contributed by atoms with Crippen LogP contribution < -0.4 is 10.3 Å². The molecule has 0 aliphatic heterocycles. The maximum Gasteiger partial charge on any atom is 0.289 e. The van der Waals surface area contributed by atoms with Crippen molar-refractivity contribution in [1.29, 1.82) is 0 Å². The van der Waals surface area contributed by atoms with Gasteiger partial charge in [-0.3, -0.25) is 4.79 Å². The topological polar surface area (TPSA) is 53.4 Å². The lowest BCUT2D eigenvalue weighted by atomic mass is 9.96. The molecule has 1 heterocycles. The molecule has 0 amide bonds. The van der Waals surface area contributed by atoms with Gasteiger partial charge in [0.15, 0.2) is 10.8 Å². The van der Waals surface area contributed by atoms with E-state index in [4.69, 9.17) is 21.1 Å². The Morgan fingerprint density at radius 2 is 1.78 bits per heavy atom. The van der Waals surface area contributed by atoms with Crippen molar-refractivity contribution in [2.75, 3.05) is 6.61 Å². The van der Waals surface area contributed by atoms with Crippen molar-refractivity contribution < 1.29 is 9.47 Å². The van der Waals surface area contributed by atoms with Gasteiger partial charge >= 0.3 is 0 Å². The molecule has 0 bridgehead atoms. The van der Waals surface area contributed by atoms with E-state index in [1.54, 1.807) is 6.20 Å². The standard InChI is InChI=1S/C21H27ClN2O3/c1-2-12-26-14-16-8-10-17(11-9-16)15-27-19-13-23-24(21(25)20(19)22)18-6-4-3-5-7-18/h8-11,13,18H,2-7,12,14-15H2,1H3. The Bertz CT molecular complexity index is 783. The SMILES string of the molecule is CCCOCc1ccc(COc2cnn(C3CCCCC3)c(=O)c2Cl)cc1. The zero-order valence-corrected chi connectivity index (χ0v) is 16.6. The maximum atomic E-state index is 12.5. The van der Waals surface area contributed by atoms with Crippen LogP contribution in [-0.2, 0) is 18.0 Å². The Kier molecular flexibility index (Phi) is 7.30. The molecule has 0 N–H and O–H groups in total. The summed E-state index contributed by atoms with van der Waals surface area (Å²) < 4.78 is 12.8. The molecule has 1 fully saturated rings. The summed E-state index contributed by atoms with van der Waals surface area (Å²) in [5.41, 5.74) is 1.87. The summed E-state index contributed by atoms with van der Waals surface area (Å²) >= 11 is 6.27. The van der Waals surface area contributed by atoms with Crippen LogP contribution >= 0.6 is 11.6 Å². The molecule has 27 heavy (non-hydrogen) atoms. The van der Waals surface area contributed by atoms with Crippen molar-refractivity contribution in [3.63, 3.8) is 0 Å². The van der Waals surface area contributed by atoms with Crippen molar-refractivity contribution in [2.45, 2.75) is 64.7 Å². The molecule has 6 heteroatoms. The van der Waals surface area contributed by atoms with E-state index in [9.17, 15) is 4.79 Å². The largest absolute Gasteiger partial charge is 0.485 e. The number of halogens is 1. The minimum absolute atomic E-state index is 0.111. The van der Waals surface area contributed by atoms with E-state index in [0.717, 1.165) is 49.8 Å². The van der Waals surface area contributed by atoms with Gasteiger partial charge in [0.2, 0.25) is 0 Å². The Balaban J connectivity index is 1.60. The lowest BCUT2D eigenvalue weighted by Crippen LogP contribution is -2.29. The Morgan fingerprint density at radius 3 is 2.44 bits per heavy atom. The molecule has 1 aliphatic rings. The van der Waals surface area contributed by atoms with Crippen molar-refractivity contribution in [3.05, 3.63) is 57.0 Å². The lowest BCUT2D eigenvalue weighted by Gasteiger charge is -2.23. The number of rotatable bonds is 8. The lowest BCUT2D eigenvalue weighted by molar-refractivity contribution is 0.121. The van der Waals surface area contributed by atoms with Gasteiger partial charge in [0, 0.05) is 6.61 Å². The third-order valence-electron chi connectivity index (χ3n) is 4.87. The molecule has 0 radical (unpaired) electrons. The van der Waals surface area contributed by atoms with Crippen LogP contribution in [0, 0.1) is 0 Å². The first kappa shape index (κ1) is 19.9. The van der Waals surface area contributed by atoms with Crippen LogP contribution in [0.25, 0.3) is 0 Å². The highest BCUT2D eigenvalue weighted by Gasteiger charge is 2.20. The molecule has 146 valence electrons. The smallest absolute Gasteiger partial charge is 0.289 e. The molecule has 1 aromatic carbocycles. The molecular weight excluding hydrogens is 364 g/mol. The summed E-state index contributed by atoms with van der Waals surface area (Å²) in [4.78, 5) is 12.5. The van der Waals surface area contributed by atoms with E-state index in [0.29, 0.717) is 19.0 Å². The third-order valence-corrected chi connectivity index (χ3v) is 5.21. The van der Waals surface area contributed by atoms with Crippen molar-refractivity contribution in [3.8, 4) is 5.75 Å². The first-order chi connectivity index (χ1) is 13.2. The van der Waals surface area contributed by atoms with Gasteiger partial charge in [-0.1, -0.05) is 62.1 Å². The fraction of sp³-hybridized carbons (Fsp3) is 0.524. The van der Waals surface area contributed by atoms with Crippen molar-refractivity contribution in [2.24, 2.45) is 0 Å². The summed E-state index contributed by atoms with van der Waals surface area (Å²) in [6.45, 7) is 3.81. The van der Waals surface area contributed by atoms with E-state index in [2.05, 4.69) is 12.0 Å². The average molecular weight is 391 g/mol. The highest BCUT2D eigenvalue weighted by molar-refractivity contribution is 6.31. The summed E-state index contributed by atoms with van der Waals surface area (Å²) in [5.74, 6) is 0.337. The van der Waals surface area contributed by atoms with Crippen LogP contribution in [-0.4, -0.2) is 16.4 Å². The monoisotopic (exact) mass is 390 g/mol. The number of hydrogen-bond donors (Lipinski definition) is 0. The van der Waals surface area contributed by atoms with Crippen LogP contribution in [0.5, 0.6) is 5.75 Å². The molecule has 0 unspecified atom stereocenters. The molecular formula is C21H27ClN2O3. The van der Waals surface area contributed by atoms with Crippen LogP contribution in [0.15, 0.2) is 35.3 Å². The number of aromatic nitrogens is 2. The quantitative estimate of drug-likeness (QED) is 0.601. The molecule has 2 aromatic rings. The molecule has 1 aromatic heterocycles. The molecule has 0 saturated heterocycles. The summed E-state index contributed by atoms with van der Waals surface area (Å²) in [6.07, 6.45) is 8.03. The number of ether oxygens (including phenoxy) is 2. The van der Waals surface area contributed by atoms with Gasteiger partial charge in [-0.25, -0.2) is 4.68 Å². The van der Waals surface area contributed by atoms with Gasteiger partial charge in [-0.05, 0) is 30.4 Å². The number of hydrogen-bond acceptors (Lipinski definition) is 4. The summed E-state index contributed by atoms with van der Waals surface area (Å²) in [7, 11) is 0. The number of nitrogens with zero attached hydrogens (tertiary/aromatic N) is 2. The Labute approximate surface area is 165 Å². The highest BCUT2D eigenvalue weighted by atomic mass is 35.5. The molecule has 1 aliphatic carbocycles. The summed E-state index contributed by atoms with van der Waals surface area (Å²) in [6, 6.07) is 8.19. The van der Waals surface area contributed by atoms with Gasteiger partial charge in [-0.2, -0.15) is 5.10 Å². The van der Waals surface area contributed by atoms with Gasteiger partial charge < -0.3 is 9.47 Å². The minimum Gasteiger partial charge on any atom is -0.485 e. The predicted octanol–water partition coefficient (Wildman–Crippen LogP) is 4.91. The Hall–Kier alpha value is -1.85. The van der Waals surface area contributed by atoms with Crippen molar-refractivity contribution in [1.82, 2.24) is 9.78 Å². The van der Waals surface area contributed by atoms with Gasteiger partial charge in [0.25, 0.3) is 5.56 Å². The van der Waals surface area contributed by atoms with E-state index >= 15 is 0 Å². The normalized spacial score (nSPS) is 15.0. The fourth-order valence-electron chi connectivity index (χ4n) is 3.34. The van der Waals surface area contributed by atoms with E-state index in [-0.39, 0.29) is 16.6 Å². The fourth-order valence-corrected chi connectivity index (χ4v) is 3.53. The first-order valence-corrected chi connectivity index (χ1v) is 10.1. The highest BCUT2D eigenvalue weighted by Crippen LogP contribution is 2.28. The van der Waals surface area contributed by atoms with Crippen LogP contribution in [0.3, 0.4) is 0 Å². The molecule has 0 atom stereocenters. The zero-order valence-electron chi connectivity index (χ0n) is 15.8. The average Bonchev–Trinajstić information content (AvgIpc) is 2.71. The van der Waals surface area contributed by atoms with E-state index in [1.807, 2.05) is 24.3 Å². The molecule has 1 saturated carbocycles. The van der Waals surface area contributed by atoms with Crippen LogP contribution in [0.4, 0.5) is 0 Å². The van der Waals surface area contributed by atoms with E-state index < -0.39 is 0 Å². The molecule has 3 rings (SSSR count). The van der Waals surface area contributed by atoms with Crippen LogP contribution in [0.2, 0.25) is 5.02 Å². The second-order valence-corrected chi connectivity index (χ2v) is 7.40. The maximum absolute atomic E-state index is 12.5. The van der Waals surface area contributed by atoms with Crippen molar-refractivity contribution >= 4 is 11.6 Å². The second-order valence-electron chi connectivity index (χ2n) is 7.02. The summed E-state index contributed by atoms with van der Waals surface area (Å²) in [5, 5.41) is 4.42. The minimum atomic E-state index is -0.260. The zero-order chi connectivity index (χ0) is 19.1. The van der Waals surface area contributed by atoms with Gasteiger partial charge in [-0.15, -0.1) is 0 Å². The second kappa shape index (κ2) is 9.90. The first-order valence-electron chi connectivity index (χ1n) is 9.74. The number of benzene rings is 1. The predicted molar refractivity (Wildman–Crippen MR) is 106 cm³/mol. The Morgan fingerprint density at radius 1 is 1.11 bits per heavy atom. The van der Waals surface area contributed by atoms with Gasteiger partial charge in [0.1, 0.15) is 6.61 Å². The molecule has 5 nitrogen and oxygen atoms in total. The van der Waals surface area contributed by atoms with E-state index in [1.165, 1.54) is 11.1 Å². The van der Waals surface area contributed by atoms with Crippen LogP contribution in [0.1, 0.15) is 62.6 Å².